The summed E-state index contributed by atoms with van der Waals surface area (Å²) in [5.74, 6) is 1.09. The molecule has 0 spiro atoms. The molecule has 0 saturated carbocycles. The third-order valence-corrected chi connectivity index (χ3v) is 7.73. The number of amides is 1. The van der Waals surface area contributed by atoms with Gasteiger partial charge in [0.05, 0.1) is 29.3 Å². The molecule has 1 amide bonds. The molecule has 3 N–H and O–H groups in total. The van der Waals surface area contributed by atoms with Crippen LogP contribution in [0.5, 0.6) is 5.75 Å². The van der Waals surface area contributed by atoms with Crippen LogP contribution in [0.15, 0.2) is 77.8 Å². The number of sulfonamides is 1. The molecule has 9 nitrogen and oxygen atoms in total. The van der Waals surface area contributed by atoms with Crippen LogP contribution in [0.25, 0.3) is 11.3 Å². The molecule has 0 bridgehead atoms. The molecule has 10 heteroatoms. The van der Waals surface area contributed by atoms with E-state index in [0.29, 0.717) is 29.6 Å². The molecule has 0 atom stereocenters. The Bertz CT molecular complexity index is 1620. The van der Waals surface area contributed by atoms with Crippen molar-refractivity contribution in [2.75, 3.05) is 17.2 Å². The Hall–Kier alpha value is -4.28. The predicted octanol–water partition coefficient (Wildman–Crippen LogP) is 3.80. The number of nitrogens with zero attached hydrogens (tertiary/aromatic N) is 2. The number of ether oxygens (including phenoxy) is 1. The first-order valence-electron chi connectivity index (χ1n) is 11.8. The molecule has 0 fully saturated rings. The van der Waals surface area contributed by atoms with Crippen molar-refractivity contribution in [2.24, 2.45) is 0 Å². The lowest BCUT2D eigenvalue weighted by atomic mass is 10.1. The van der Waals surface area contributed by atoms with E-state index in [9.17, 15) is 13.2 Å². The van der Waals surface area contributed by atoms with Crippen molar-refractivity contribution in [1.29, 1.82) is 0 Å². The summed E-state index contributed by atoms with van der Waals surface area (Å²) >= 11 is 0. The molecule has 1 aromatic heterocycles. The van der Waals surface area contributed by atoms with Gasteiger partial charge in [-0.05, 0) is 47.5 Å². The molecular formula is C27H23N5O4S. The van der Waals surface area contributed by atoms with Crippen LogP contribution in [0.3, 0.4) is 0 Å². The van der Waals surface area contributed by atoms with E-state index in [1.807, 2.05) is 42.5 Å². The Labute approximate surface area is 214 Å². The summed E-state index contributed by atoms with van der Waals surface area (Å²) in [6, 6.07) is 19.6. The molecule has 4 aromatic rings. The molecule has 0 saturated heterocycles. The molecule has 3 heterocycles. The van der Waals surface area contributed by atoms with Gasteiger partial charge in [0.2, 0.25) is 21.9 Å². The van der Waals surface area contributed by atoms with Crippen molar-refractivity contribution in [3.63, 3.8) is 0 Å². The number of carbonyl (C=O) groups excluding carboxylic acids is 1. The minimum Gasteiger partial charge on any atom is -0.493 e. The maximum atomic E-state index is 12.8. The molecule has 2 aliphatic heterocycles. The van der Waals surface area contributed by atoms with Crippen molar-refractivity contribution < 1.29 is 17.9 Å². The summed E-state index contributed by atoms with van der Waals surface area (Å²) in [6.45, 7) is 0.850. The smallest absolute Gasteiger partial charge is 0.240 e. The van der Waals surface area contributed by atoms with Crippen LogP contribution in [0.4, 0.5) is 17.3 Å². The Morgan fingerprint density at radius 2 is 1.84 bits per heavy atom. The lowest BCUT2D eigenvalue weighted by Gasteiger charge is -2.11. The molecule has 37 heavy (non-hydrogen) atoms. The minimum atomic E-state index is -3.70. The molecule has 3 aromatic carbocycles. The zero-order valence-corrected chi connectivity index (χ0v) is 20.5. The predicted molar refractivity (Wildman–Crippen MR) is 139 cm³/mol. The highest BCUT2D eigenvalue weighted by Gasteiger charge is 2.21. The SMILES string of the molecule is O=C1Cc2cnc(Nc3ccc(S(=O)(=O)NCc4ccc5c(c4)CCO5)cc3)nc2-c2ccccc2N1. The van der Waals surface area contributed by atoms with Gasteiger partial charge in [-0.25, -0.2) is 23.1 Å². The number of fused-ring (bicyclic) bond motifs is 4. The molecule has 0 unspecified atom stereocenters. The van der Waals surface area contributed by atoms with E-state index in [2.05, 4.69) is 25.3 Å². The van der Waals surface area contributed by atoms with Gasteiger partial charge in [-0.3, -0.25) is 4.79 Å². The second-order valence-electron chi connectivity index (χ2n) is 8.85. The first kappa shape index (κ1) is 23.1. The molecule has 0 radical (unpaired) electrons. The molecule has 2 aliphatic rings. The lowest BCUT2D eigenvalue weighted by molar-refractivity contribution is -0.115. The van der Waals surface area contributed by atoms with E-state index in [0.717, 1.165) is 34.4 Å². The highest BCUT2D eigenvalue weighted by atomic mass is 32.2. The Balaban J connectivity index is 1.17. The molecular weight excluding hydrogens is 490 g/mol. The first-order chi connectivity index (χ1) is 17.9. The van der Waals surface area contributed by atoms with Crippen LogP contribution in [-0.2, 0) is 34.2 Å². The van der Waals surface area contributed by atoms with Gasteiger partial charge in [0, 0.05) is 36.0 Å². The fourth-order valence-electron chi connectivity index (χ4n) is 4.45. The average Bonchev–Trinajstić information content (AvgIpc) is 3.32. The van der Waals surface area contributed by atoms with Crippen molar-refractivity contribution in [3.05, 3.63) is 89.6 Å². The highest BCUT2D eigenvalue weighted by Crippen LogP contribution is 2.33. The monoisotopic (exact) mass is 513 g/mol. The summed E-state index contributed by atoms with van der Waals surface area (Å²) in [7, 11) is -3.70. The summed E-state index contributed by atoms with van der Waals surface area (Å²) in [5, 5.41) is 6.02. The van der Waals surface area contributed by atoms with Crippen molar-refractivity contribution >= 4 is 33.3 Å². The topological polar surface area (TPSA) is 122 Å². The average molecular weight is 514 g/mol. The number of benzene rings is 3. The van der Waals surface area contributed by atoms with E-state index in [1.54, 1.807) is 18.3 Å². The summed E-state index contributed by atoms with van der Waals surface area (Å²) in [6.07, 6.45) is 2.66. The second kappa shape index (κ2) is 9.30. The third kappa shape index (κ3) is 4.76. The maximum Gasteiger partial charge on any atom is 0.240 e. The Morgan fingerprint density at radius 1 is 1.00 bits per heavy atom. The van der Waals surface area contributed by atoms with Gasteiger partial charge in [0.15, 0.2) is 0 Å². The Kier molecular flexibility index (Phi) is 5.82. The Morgan fingerprint density at radius 3 is 2.70 bits per heavy atom. The van der Waals surface area contributed by atoms with E-state index >= 15 is 0 Å². The van der Waals surface area contributed by atoms with Gasteiger partial charge in [-0.15, -0.1) is 0 Å². The number of hydrogen-bond acceptors (Lipinski definition) is 7. The largest absolute Gasteiger partial charge is 0.493 e. The van der Waals surface area contributed by atoms with E-state index in [-0.39, 0.29) is 23.8 Å². The summed E-state index contributed by atoms with van der Waals surface area (Å²) < 4.78 is 33.8. The quantitative estimate of drug-likeness (QED) is 0.358. The van der Waals surface area contributed by atoms with Crippen LogP contribution in [-0.4, -0.2) is 30.9 Å². The fraction of sp³-hybridized carbons (Fsp3) is 0.148. The van der Waals surface area contributed by atoms with Gasteiger partial charge < -0.3 is 15.4 Å². The number of rotatable bonds is 6. The van der Waals surface area contributed by atoms with Crippen LogP contribution in [0, 0.1) is 0 Å². The van der Waals surface area contributed by atoms with Gasteiger partial charge in [0.25, 0.3) is 0 Å². The van der Waals surface area contributed by atoms with Gasteiger partial charge >= 0.3 is 0 Å². The summed E-state index contributed by atoms with van der Waals surface area (Å²) in [4.78, 5) is 21.4. The van der Waals surface area contributed by atoms with E-state index in [1.165, 1.54) is 12.1 Å². The van der Waals surface area contributed by atoms with Crippen LogP contribution >= 0.6 is 0 Å². The number of para-hydroxylation sites is 1. The fourth-order valence-corrected chi connectivity index (χ4v) is 5.47. The van der Waals surface area contributed by atoms with Gasteiger partial charge in [-0.1, -0.05) is 30.3 Å². The number of anilines is 3. The van der Waals surface area contributed by atoms with E-state index in [4.69, 9.17) is 4.74 Å². The number of hydrogen-bond donors (Lipinski definition) is 3. The van der Waals surface area contributed by atoms with Crippen molar-refractivity contribution in [2.45, 2.75) is 24.3 Å². The number of carbonyl (C=O) groups is 1. The number of aromatic nitrogens is 2. The molecule has 186 valence electrons. The van der Waals surface area contributed by atoms with Gasteiger partial charge in [0.1, 0.15) is 5.75 Å². The number of nitrogens with one attached hydrogen (secondary N) is 3. The van der Waals surface area contributed by atoms with Gasteiger partial charge in [-0.2, -0.15) is 0 Å². The molecule has 6 rings (SSSR count). The van der Waals surface area contributed by atoms with E-state index < -0.39 is 10.0 Å². The van der Waals surface area contributed by atoms with Crippen molar-refractivity contribution in [1.82, 2.24) is 14.7 Å². The van der Waals surface area contributed by atoms with Crippen LogP contribution in [0.2, 0.25) is 0 Å². The zero-order valence-electron chi connectivity index (χ0n) is 19.7. The highest BCUT2D eigenvalue weighted by molar-refractivity contribution is 7.89. The first-order valence-corrected chi connectivity index (χ1v) is 13.3. The van der Waals surface area contributed by atoms with Crippen molar-refractivity contribution in [3.8, 4) is 17.0 Å². The normalized spacial score (nSPS) is 14.0. The zero-order chi connectivity index (χ0) is 25.4. The van der Waals surface area contributed by atoms with Crippen LogP contribution in [0.1, 0.15) is 16.7 Å². The standard InChI is InChI=1S/C27H23N5O4S/c33-25-14-19-16-28-27(32-26(19)22-3-1-2-4-23(22)31-25)30-20-6-8-21(9-7-20)37(34,35)29-15-17-5-10-24-18(13-17)11-12-36-24/h1-10,13,16,29H,11-12,14-15H2,(H,31,33)(H,28,30,32). The minimum absolute atomic E-state index is 0.119. The van der Waals surface area contributed by atoms with Crippen LogP contribution < -0.4 is 20.1 Å². The third-order valence-electron chi connectivity index (χ3n) is 6.31. The lowest BCUT2D eigenvalue weighted by Crippen LogP contribution is -2.23. The maximum absolute atomic E-state index is 12.8. The summed E-state index contributed by atoms with van der Waals surface area (Å²) in [5.41, 5.74) is 5.53. The second-order valence-corrected chi connectivity index (χ2v) is 10.6. The molecule has 0 aliphatic carbocycles.